The zero-order chi connectivity index (χ0) is 12.3. The minimum absolute atomic E-state index is 0.384. The Morgan fingerprint density at radius 3 is 2.82 bits per heavy atom. The van der Waals surface area contributed by atoms with Gasteiger partial charge in [0.15, 0.2) is 0 Å². The van der Waals surface area contributed by atoms with E-state index in [0.29, 0.717) is 5.56 Å². The molecule has 2 aromatic rings. The normalized spacial score (nSPS) is 10.2. The average Bonchev–Trinajstić information content (AvgIpc) is 2.80. The summed E-state index contributed by atoms with van der Waals surface area (Å²) in [5.74, 6) is -0.384. The molecule has 0 saturated heterocycles. The van der Waals surface area contributed by atoms with Gasteiger partial charge in [0.2, 0.25) is 5.91 Å². The third kappa shape index (κ3) is 2.85. The molecule has 0 aliphatic carbocycles. The highest BCUT2D eigenvalue weighted by atomic mass is 32.1. The molecule has 0 spiro atoms. The lowest BCUT2D eigenvalue weighted by molar-refractivity contribution is 0.1000. The average molecular weight is 246 g/mol. The van der Waals surface area contributed by atoms with Gasteiger partial charge >= 0.3 is 0 Å². The van der Waals surface area contributed by atoms with E-state index in [4.69, 9.17) is 5.73 Å². The number of thiophene rings is 1. The molecule has 4 heteroatoms. The minimum atomic E-state index is -0.384. The Morgan fingerprint density at radius 2 is 2.24 bits per heavy atom. The first-order valence-corrected chi connectivity index (χ1v) is 6.26. The second-order valence-electron chi connectivity index (χ2n) is 3.87. The van der Waals surface area contributed by atoms with Crippen molar-refractivity contribution in [1.82, 2.24) is 0 Å². The van der Waals surface area contributed by atoms with Crippen molar-refractivity contribution in [1.29, 1.82) is 0 Å². The number of aryl methyl sites for hydroxylation is 1. The summed E-state index contributed by atoms with van der Waals surface area (Å²) in [6.07, 6.45) is 0. The molecule has 88 valence electrons. The van der Waals surface area contributed by atoms with Crippen molar-refractivity contribution in [3.8, 4) is 0 Å². The van der Waals surface area contributed by atoms with E-state index in [1.807, 2.05) is 30.5 Å². The van der Waals surface area contributed by atoms with Crippen molar-refractivity contribution in [3.05, 3.63) is 51.7 Å². The molecule has 0 atom stereocenters. The van der Waals surface area contributed by atoms with Gasteiger partial charge in [0.1, 0.15) is 0 Å². The Labute approximate surface area is 104 Å². The molecule has 0 saturated carbocycles. The third-order valence-electron chi connectivity index (χ3n) is 2.63. The van der Waals surface area contributed by atoms with Gasteiger partial charge in [-0.05, 0) is 41.6 Å². The Balaban J connectivity index is 2.09. The molecule has 0 aliphatic heterocycles. The molecule has 17 heavy (non-hydrogen) atoms. The van der Waals surface area contributed by atoms with Gasteiger partial charge in [-0.15, -0.1) is 0 Å². The summed E-state index contributed by atoms with van der Waals surface area (Å²) in [7, 11) is 0. The second kappa shape index (κ2) is 5.01. The van der Waals surface area contributed by atoms with E-state index < -0.39 is 0 Å². The van der Waals surface area contributed by atoms with E-state index in [1.54, 1.807) is 17.4 Å². The monoisotopic (exact) mass is 246 g/mol. The summed E-state index contributed by atoms with van der Waals surface area (Å²) in [4.78, 5) is 11.0. The van der Waals surface area contributed by atoms with Gasteiger partial charge < -0.3 is 11.1 Å². The number of benzene rings is 1. The summed E-state index contributed by atoms with van der Waals surface area (Å²) in [6.45, 7) is 2.73. The number of carbonyl (C=O) groups is 1. The van der Waals surface area contributed by atoms with Gasteiger partial charge in [-0.2, -0.15) is 11.3 Å². The van der Waals surface area contributed by atoms with Crippen LogP contribution in [0.15, 0.2) is 35.0 Å². The molecule has 0 unspecified atom stereocenters. The van der Waals surface area contributed by atoms with E-state index in [9.17, 15) is 4.79 Å². The fourth-order valence-corrected chi connectivity index (χ4v) is 2.22. The first kappa shape index (κ1) is 11.7. The quantitative estimate of drug-likeness (QED) is 0.871. The molecule has 1 amide bonds. The van der Waals surface area contributed by atoms with Crippen LogP contribution < -0.4 is 11.1 Å². The second-order valence-corrected chi connectivity index (χ2v) is 4.65. The van der Waals surface area contributed by atoms with Crippen molar-refractivity contribution >= 4 is 22.9 Å². The topological polar surface area (TPSA) is 55.1 Å². The summed E-state index contributed by atoms with van der Waals surface area (Å²) < 4.78 is 0. The fourth-order valence-electron chi connectivity index (χ4n) is 1.61. The Kier molecular flexibility index (Phi) is 3.44. The fraction of sp³-hybridized carbons (Fsp3) is 0.154. The van der Waals surface area contributed by atoms with Crippen LogP contribution in [0.5, 0.6) is 0 Å². The Morgan fingerprint density at radius 1 is 1.41 bits per heavy atom. The molecule has 1 aromatic carbocycles. The molecule has 3 N–H and O–H groups in total. The van der Waals surface area contributed by atoms with Crippen molar-refractivity contribution in [3.63, 3.8) is 0 Å². The first-order valence-electron chi connectivity index (χ1n) is 5.32. The zero-order valence-corrected chi connectivity index (χ0v) is 10.4. The van der Waals surface area contributed by atoms with Gasteiger partial charge in [0.25, 0.3) is 0 Å². The Hall–Kier alpha value is -1.81. The number of nitrogens with two attached hydrogens (primary N) is 1. The van der Waals surface area contributed by atoms with Gasteiger partial charge in [0.05, 0.1) is 0 Å². The van der Waals surface area contributed by atoms with E-state index >= 15 is 0 Å². The number of rotatable bonds is 4. The van der Waals surface area contributed by atoms with Crippen LogP contribution in [0.4, 0.5) is 5.69 Å². The maximum atomic E-state index is 11.0. The molecule has 1 heterocycles. The SMILES string of the molecule is Cc1cc(C(N)=O)ccc1CNc1ccsc1. The predicted molar refractivity (Wildman–Crippen MR) is 71.3 cm³/mol. The number of carbonyl (C=O) groups excluding carboxylic acids is 1. The van der Waals surface area contributed by atoms with Crippen LogP contribution in [0.2, 0.25) is 0 Å². The third-order valence-corrected chi connectivity index (χ3v) is 3.31. The Bertz CT molecular complexity index is 520. The molecule has 1 aromatic heterocycles. The highest BCUT2D eigenvalue weighted by Crippen LogP contribution is 2.16. The van der Waals surface area contributed by atoms with Crippen molar-refractivity contribution < 1.29 is 4.79 Å². The van der Waals surface area contributed by atoms with Crippen LogP contribution in [-0.4, -0.2) is 5.91 Å². The number of nitrogens with one attached hydrogen (secondary N) is 1. The largest absolute Gasteiger partial charge is 0.380 e. The molecular formula is C13H14N2OS. The van der Waals surface area contributed by atoms with Crippen LogP contribution >= 0.6 is 11.3 Å². The van der Waals surface area contributed by atoms with Crippen LogP contribution in [0.25, 0.3) is 0 Å². The maximum Gasteiger partial charge on any atom is 0.248 e. The van der Waals surface area contributed by atoms with Crippen LogP contribution in [0, 0.1) is 6.92 Å². The molecule has 0 bridgehead atoms. The smallest absolute Gasteiger partial charge is 0.248 e. The number of hydrogen-bond acceptors (Lipinski definition) is 3. The number of amides is 1. The maximum absolute atomic E-state index is 11.0. The van der Waals surface area contributed by atoms with Gasteiger partial charge in [-0.3, -0.25) is 4.79 Å². The van der Waals surface area contributed by atoms with E-state index in [0.717, 1.165) is 17.8 Å². The molecule has 0 aliphatic rings. The number of primary amides is 1. The standard InChI is InChI=1S/C13H14N2OS/c1-9-6-10(13(14)16)2-3-11(9)7-15-12-4-5-17-8-12/h2-6,8,15H,7H2,1H3,(H2,14,16). The number of hydrogen-bond donors (Lipinski definition) is 2. The summed E-state index contributed by atoms with van der Waals surface area (Å²) in [5, 5.41) is 7.42. The van der Waals surface area contributed by atoms with Gasteiger partial charge in [-0.1, -0.05) is 6.07 Å². The van der Waals surface area contributed by atoms with Crippen molar-refractivity contribution in [2.45, 2.75) is 13.5 Å². The highest BCUT2D eigenvalue weighted by molar-refractivity contribution is 7.08. The van der Waals surface area contributed by atoms with Crippen molar-refractivity contribution in [2.24, 2.45) is 5.73 Å². The zero-order valence-electron chi connectivity index (χ0n) is 9.57. The predicted octanol–water partition coefficient (Wildman–Crippen LogP) is 2.77. The van der Waals surface area contributed by atoms with Crippen LogP contribution in [-0.2, 0) is 6.54 Å². The van der Waals surface area contributed by atoms with Crippen LogP contribution in [0.1, 0.15) is 21.5 Å². The minimum Gasteiger partial charge on any atom is -0.380 e. The van der Waals surface area contributed by atoms with Gasteiger partial charge in [0, 0.05) is 23.2 Å². The lowest BCUT2D eigenvalue weighted by Gasteiger charge is -2.08. The highest BCUT2D eigenvalue weighted by Gasteiger charge is 2.04. The molecule has 0 radical (unpaired) electrons. The van der Waals surface area contributed by atoms with E-state index in [2.05, 4.69) is 10.7 Å². The van der Waals surface area contributed by atoms with Crippen LogP contribution in [0.3, 0.4) is 0 Å². The number of anilines is 1. The first-order chi connectivity index (χ1) is 8.16. The lowest BCUT2D eigenvalue weighted by Crippen LogP contribution is -2.11. The molecular weight excluding hydrogens is 232 g/mol. The summed E-state index contributed by atoms with van der Waals surface area (Å²) in [6, 6.07) is 7.57. The van der Waals surface area contributed by atoms with E-state index in [-0.39, 0.29) is 5.91 Å². The van der Waals surface area contributed by atoms with E-state index in [1.165, 1.54) is 5.56 Å². The molecule has 0 fully saturated rings. The van der Waals surface area contributed by atoms with Crippen molar-refractivity contribution in [2.75, 3.05) is 5.32 Å². The summed E-state index contributed by atoms with van der Waals surface area (Å²) >= 11 is 1.66. The summed E-state index contributed by atoms with van der Waals surface area (Å²) in [5.41, 5.74) is 9.15. The lowest BCUT2D eigenvalue weighted by atomic mass is 10.0. The molecule has 2 rings (SSSR count). The molecule has 3 nitrogen and oxygen atoms in total. The van der Waals surface area contributed by atoms with Gasteiger partial charge in [-0.25, -0.2) is 0 Å².